The maximum atomic E-state index is 12.5. The molecule has 9 nitrogen and oxygen atoms in total. The number of carbonyl (C=O) groups is 3. The highest BCUT2D eigenvalue weighted by molar-refractivity contribution is 6.09. The van der Waals surface area contributed by atoms with Gasteiger partial charge in [-0.1, -0.05) is 12.1 Å². The van der Waals surface area contributed by atoms with E-state index in [4.69, 9.17) is 9.47 Å². The second kappa shape index (κ2) is 10.7. The number of anilines is 1. The van der Waals surface area contributed by atoms with Crippen LogP contribution in [0.3, 0.4) is 0 Å². The van der Waals surface area contributed by atoms with Crippen molar-refractivity contribution in [1.29, 1.82) is 5.26 Å². The highest BCUT2D eigenvalue weighted by Gasteiger charge is 2.22. The van der Waals surface area contributed by atoms with Gasteiger partial charge in [0.25, 0.3) is 5.91 Å². The molecule has 0 spiro atoms. The van der Waals surface area contributed by atoms with Crippen LogP contribution in [0.4, 0.5) is 10.5 Å². The first-order valence-corrected chi connectivity index (χ1v) is 9.35. The Hall–Kier alpha value is -3.54. The number of esters is 1. The maximum absolute atomic E-state index is 12.5. The fraction of sp³-hybridized carbons (Fsp3) is 0.400. The summed E-state index contributed by atoms with van der Waals surface area (Å²) in [6.07, 6.45) is 1.09. The Morgan fingerprint density at radius 1 is 1.10 bits per heavy atom. The van der Waals surface area contributed by atoms with Gasteiger partial charge in [-0.2, -0.15) is 5.26 Å². The lowest BCUT2D eigenvalue weighted by Crippen LogP contribution is -2.47. The van der Waals surface area contributed by atoms with Gasteiger partial charge in [-0.25, -0.2) is 9.59 Å². The third-order valence-corrected chi connectivity index (χ3v) is 4.19. The predicted octanol–water partition coefficient (Wildman–Crippen LogP) is 1.98. The zero-order valence-corrected chi connectivity index (χ0v) is 16.5. The van der Waals surface area contributed by atoms with Crippen LogP contribution in [0.1, 0.15) is 24.2 Å². The molecule has 154 valence electrons. The van der Waals surface area contributed by atoms with Crippen LogP contribution in [-0.2, 0) is 14.3 Å². The van der Waals surface area contributed by atoms with Gasteiger partial charge in [0.1, 0.15) is 11.6 Å². The normalized spacial score (nSPS) is 14.0. The van der Waals surface area contributed by atoms with Gasteiger partial charge in [0, 0.05) is 32.4 Å². The Bertz CT molecular complexity index is 822. The van der Waals surface area contributed by atoms with Crippen molar-refractivity contribution in [3.8, 4) is 6.07 Å². The summed E-state index contributed by atoms with van der Waals surface area (Å²) in [7, 11) is 0. The molecular formula is C20H24N4O5. The van der Waals surface area contributed by atoms with Gasteiger partial charge in [0.2, 0.25) is 0 Å². The van der Waals surface area contributed by atoms with Crippen LogP contribution in [0.25, 0.3) is 0 Å². The fourth-order valence-corrected chi connectivity index (χ4v) is 2.74. The first-order valence-electron chi connectivity index (χ1n) is 9.35. The molecule has 29 heavy (non-hydrogen) atoms. The lowest BCUT2D eigenvalue weighted by Gasteiger charge is -2.33. The van der Waals surface area contributed by atoms with Crippen molar-refractivity contribution in [2.45, 2.75) is 13.8 Å². The summed E-state index contributed by atoms with van der Waals surface area (Å²) < 4.78 is 9.95. The molecule has 0 atom stereocenters. The minimum absolute atomic E-state index is 0.103. The molecule has 1 aromatic rings. The molecule has 9 heteroatoms. The van der Waals surface area contributed by atoms with E-state index < -0.39 is 11.9 Å². The van der Waals surface area contributed by atoms with Crippen LogP contribution in [0.2, 0.25) is 0 Å². The number of hydrogen-bond acceptors (Lipinski definition) is 7. The second-order valence-corrected chi connectivity index (χ2v) is 6.10. The Morgan fingerprint density at radius 2 is 1.76 bits per heavy atom. The summed E-state index contributed by atoms with van der Waals surface area (Å²) in [5.41, 5.74) is 0.375. The molecule has 0 radical (unpaired) electrons. The number of ether oxygens (including phenoxy) is 2. The van der Waals surface area contributed by atoms with Gasteiger partial charge >= 0.3 is 12.1 Å². The summed E-state index contributed by atoms with van der Waals surface area (Å²) in [4.78, 5) is 39.7. The molecule has 1 fully saturated rings. The Labute approximate surface area is 169 Å². The molecule has 1 N–H and O–H groups in total. The molecule has 1 aromatic carbocycles. The summed E-state index contributed by atoms with van der Waals surface area (Å²) in [5.74, 6) is -1.18. The highest BCUT2D eigenvalue weighted by Crippen LogP contribution is 2.17. The van der Waals surface area contributed by atoms with E-state index in [1.54, 1.807) is 41.8 Å². The van der Waals surface area contributed by atoms with Gasteiger partial charge in [-0.3, -0.25) is 4.79 Å². The molecule has 0 bridgehead atoms. The van der Waals surface area contributed by atoms with Crippen molar-refractivity contribution in [3.63, 3.8) is 0 Å². The highest BCUT2D eigenvalue weighted by atomic mass is 16.6. The van der Waals surface area contributed by atoms with Gasteiger partial charge in [-0.15, -0.1) is 0 Å². The van der Waals surface area contributed by atoms with Crippen LogP contribution in [0.5, 0.6) is 0 Å². The Balaban J connectivity index is 2.04. The maximum Gasteiger partial charge on any atom is 0.409 e. The number of nitriles is 1. The van der Waals surface area contributed by atoms with E-state index in [0.717, 1.165) is 0 Å². The first-order chi connectivity index (χ1) is 14.0. The molecule has 1 heterocycles. The number of amides is 2. The third kappa shape index (κ3) is 5.97. The number of para-hydroxylation sites is 1. The van der Waals surface area contributed by atoms with Crippen LogP contribution >= 0.6 is 0 Å². The molecule has 2 amide bonds. The molecule has 0 saturated carbocycles. The molecular weight excluding hydrogens is 376 g/mol. The molecule has 1 saturated heterocycles. The van der Waals surface area contributed by atoms with Crippen molar-refractivity contribution in [3.05, 3.63) is 41.6 Å². The standard InChI is InChI=1S/C20H24N4O5/c1-3-28-19(26)16-7-5-6-8-17(16)22-18(25)15(13-21)14-23-9-11-24(12-10-23)20(27)29-4-2/h5-8,14H,3-4,9-12H2,1-2H3,(H,22,25)/b15-14-. The number of carbonyl (C=O) groups excluding carboxylic acids is 3. The number of hydrogen-bond donors (Lipinski definition) is 1. The van der Waals surface area contributed by atoms with Crippen LogP contribution in [-0.4, -0.2) is 67.2 Å². The van der Waals surface area contributed by atoms with Crippen molar-refractivity contribution < 1.29 is 23.9 Å². The second-order valence-electron chi connectivity index (χ2n) is 6.10. The van der Waals surface area contributed by atoms with E-state index in [2.05, 4.69) is 5.32 Å². The summed E-state index contributed by atoms with van der Waals surface area (Å²) in [6, 6.07) is 8.32. The molecule has 0 aliphatic carbocycles. The number of nitrogens with zero attached hydrogens (tertiary/aromatic N) is 3. The zero-order valence-electron chi connectivity index (χ0n) is 16.5. The molecule has 1 aliphatic rings. The minimum atomic E-state index is -0.628. The average Bonchev–Trinajstić information content (AvgIpc) is 2.73. The van der Waals surface area contributed by atoms with E-state index in [-0.39, 0.29) is 29.5 Å². The van der Waals surface area contributed by atoms with Gasteiger partial charge in [0.15, 0.2) is 0 Å². The molecule has 0 unspecified atom stereocenters. The smallest absolute Gasteiger partial charge is 0.409 e. The van der Waals surface area contributed by atoms with E-state index in [0.29, 0.717) is 32.8 Å². The van der Waals surface area contributed by atoms with Crippen LogP contribution in [0.15, 0.2) is 36.0 Å². The molecule has 2 rings (SSSR count). The lowest BCUT2D eigenvalue weighted by molar-refractivity contribution is -0.112. The number of nitrogens with one attached hydrogen (secondary N) is 1. The monoisotopic (exact) mass is 400 g/mol. The number of rotatable bonds is 6. The number of piperazine rings is 1. The first kappa shape index (κ1) is 21.8. The predicted molar refractivity (Wildman–Crippen MR) is 105 cm³/mol. The van der Waals surface area contributed by atoms with Crippen LogP contribution < -0.4 is 5.32 Å². The fourth-order valence-electron chi connectivity index (χ4n) is 2.74. The van der Waals surface area contributed by atoms with E-state index >= 15 is 0 Å². The Kier molecular flexibility index (Phi) is 8.03. The Morgan fingerprint density at radius 3 is 2.38 bits per heavy atom. The van der Waals surface area contributed by atoms with Crippen LogP contribution in [0, 0.1) is 11.3 Å². The number of benzene rings is 1. The van der Waals surface area contributed by atoms with Crippen molar-refractivity contribution in [2.24, 2.45) is 0 Å². The van der Waals surface area contributed by atoms with Gasteiger partial charge < -0.3 is 24.6 Å². The zero-order chi connectivity index (χ0) is 21.2. The van der Waals surface area contributed by atoms with Gasteiger partial charge in [-0.05, 0) is 26.0 Å². The topological polar surface area (TPSA) is 112 Å². The lowest BCUT2D eigenvalue weighted by atomic mass is 10.1. The SMILES string of the molecule is CCOC(=O)c1ccccc1NC(=O)/C(C#N)=C\N1CCN(C(=O)OCC)CC1. The molecule has 0 aromatic heterocycles. The van der Waals surface area contributed by atoms with Crippen molar-refractivity contribution in [2.75, 3.05) is 44.7 Å². The van der Waals surface area contributed by atoms with E-state index in [1.165, 1.54) is 12.3 Å². The van der Waals surface area contributed by atoms with E-state index in [9.17, 15) is 19.6 Å². The van der Waals surface area contributed by atoms with Crippen molar-refractivity contribution in [1.82, 2.24) is 9.80 Å². The quantitative estimate of drug-likeness (QED) is 0.441. The summed E-state index contributed by atoms with van der Waals surface area (Å²) in [5, 5.41) is 12.0. The summed E-state index contributed by atoms with van der Waals surface area (Å²) >= 11 is 0. The van der Waals surface area contributed by atoms with E-state index in [1.807, 2.05) is 6.07 Å². The largest absolute Gasteiger partial charge is 0.462 e. The summed E-state index contributed by atoms with van der Waals surface area (Å²) in [6.45, 7) is 5.76. The van der Waals surface area contributed by atoms with Crippen molar-refractivity contribution >= 4 is 23.7 Å². The third-order valence-electron chi connectivity index (χ3n) is 4.19. The average molecular weight is 400 g/mol. The van der Waals surface area contributed by atoms with Gasteiger partial charge in [0.05, 0.1) is 24.5 Å². The molecule has 1 aliphatic heterocycles. The minimum Gasteiger partial charge on any atom is -0.462 e.